The zero-order valence-corrected chi connectivity index (χ0v) is 18.3. The Morgan fingerprint density at radius 1 is 1.33 bits per heavy atom. The Bertz CT molecular complexity index is 1040. The largest absolute Gasteiger partial charge is 0.454 e. The van der Waals surface area contributed by atoms with E-state index in [-0.39, 0.29) is 42.7 Å². The molecule has 0 unspecified atom stereocenters. The number of nitrogens with zero attached hydrogens (tertiary/aromatic N) is 2. The smallest absolute Gasteiger partial charge is 0.293 e. The Morgan fingerprint density at radius 3 is 2.97 bits per heavy atom. The molecule has 4 rings (SSSR count). The van der Waals surface area contributed by atoms with Gasteiger partial charge in [0.15, 0.2) is 15.8 Å². The van der Waals surface area contributed by atoms with E-state index in [1.807, 2.05) is 12.3 Å². The second kappa shape index (κ2) is 9.11. The van der Waals surface area contributed by atoms with Gasteiger partial charge in [-0.2, -0.15) is 0 Å². The topological polar surface area (TPSA) is 97.8 Å². The van der Waals surface area contributed by atoms with Crippen LogP contribution >= 0.6 is 34.9 Å². The summed E-state index contributed by atoms with van der Waals surface area (Å²) in [4.78, 5) is 42.5. The highest BCUT2D eigenvalue weighted by atomic mass is 32.2. The van der Waals surface area contributed by atoms with Crippen LogP contribution in [0.5, 0.6) is 11.5 Å². The number of benzene rings is 1. The standard InChI is InChI=1S/C19H17N3O5S3/c1-11-8-28-18(21-11)29-9-16(23)20-4-5-22-17(24)15(30-19(22)25)7-12-2-3-13-14(6-12)27-10-26-13/h2-3,6-8H,4-5,9-10H2,1H3,(H,20,23)/b15-7+. The molecule has 1 aromatic heterocycles. The van der Waals surface area contributed by atoms with Gasteiger partial charge >= 0.3 is 0 Å². The molecule has 8 nitrogen and oxygen atoms in total. The van der Waals surface area contributed by atoms with Crippen molar-refractivity contribution in [3.63, 3.8) is 0 Å². The maximum absolute atomic E-state index is 12.6. The molecular weight excluding hydrogens is 446 g/mol. The maximum atomic E-state index is 12.6. The number of amides is 3. The van der Waals surface area contributed by atoms with Crippen molar-refractivity contribution in [2.24, 2.45) is 0 Å². The summed E-state index contributed by atoms with van der Waals surface area (Å²) in [6, 6.07) is 5.32. The van der Waals surface area contributed by atoms with Gasteiger partial charge in [-0.1, -0.05) is 17.8 Å². The van der Waals surface area contributed by atoms with E-state index >= 15 is 0 Å². The number of nitrogens with one attached hydrogen (secondary N) is 1. The summed E-state index contributed by atoms with van der Waals surface area (Å²) in [6.45, 7) is 2.39. The molecule has 1 N–H and O–H groups in total. The first kappa shape index (κ1) is 20.8. The van der Waals surface area contributed by atoms with Crippen LogP contribution in [0.2, 0.25) is 0 Å². The summed E-state index contributed by atoms with van der Waals surface area (Å²) in [5.41, 5.74) is 1.67. The molecule has 0 atom stereocenters. The highest BCUT2D eigenvalue weighted by Crippen LogP contribution is 2.36. The first-order valence-electron chi connectivity index (χ1n) is 8.96. The van der Waals surface area contributed by atoms with Gasteiger partial charge in [0.05, 0.1) is 10.7 Å². The van der Waals surface area contributed by atoms with E-state index in [0.717, 1.165) is 32.3 Å². The van der Waals surface area contributed by atoms with Crippen molar-refractivity contribution in [1.29, 1.82) is 0 Å². The zero-order valence-electron chi connectivity index (χ0n) is 15.9. The van der Waals surface area contributed by atoms with Crippen LogP contribution in [0.15, 0.2) is 32.8 Å². The van der Waals surface area contributed by atoms with Crippen LogP contribution in [0.1, 0.15) is 11.3 Å². The third-order valence-electron chi connectivity index (χ3n) is 4.15. The number of fused-ring (bicyclic) bond motifs is 1. The quantitative estimate of drug-likeness (QED) is 0.494. The number of carbonyl (C=O) groups excluding carboxylic acids is 3. The third kappa shape index (κ3) is 4.79. The van der Waals surface area contributed by atoms with Crippen LogP contribution in [0.25, 0.3) is 6.08 Å². The van der Waals surface area contributed by atoms with Crippen LogP contribution < -0.4 is 14.8 Å². The predicted molar refractivity (Wildman–Crippen MR) is 116 cm³/mol. The molecule has 2 aliphatic heterocycles. The van der Waals surface area contributed by atoms with Crippen molar-refractivity contribution in [2.45, 2.75) is 11.3 Å². The molecule has 1 aromatic carbocycles. The molecule has 0 bridgehead atoms. The summed E-state index contributed by atoms with van der Waals surface area (Å²) in [6.07, 6.45) is 1.65. The molecule has 0 radical (unpaired) electrons. The van der Waals surface area contributed by atoms with Crippen molar-refractivity contribution in [1.82, 2.24) is 15.2 Å². The van der Waals surface area contributed by atoms with E-state index < -0.39 is 0 Å². The number of thioether (sulfide) groups is 2. The van der Waals surface area contributed by atoms with E-state index in [1.54, 1.807) is 24.3 Å². The Hall–Kier alpha value is -2.50. The van der Waals surface area contributed by atoms with Gasteiger partial charge in [-0.3, -0.25) is 19.3 Å². The Morgan fingerprint density at radius 2 is 2.17 bits per heavy atom. The molecule has 3 amide bonds. The van der Waals surface area contributed by atoms with Gasteiger partial charge in [0.25, 0.3) is 11.1 Å². The molecule has 0 aliphatic carbocycles. The Balaban J connectivity index is 1.28. The molecule has 1 fully saturated rings. The Labute approximate surface area is 185 Å². The normalized spacial score (nSPS) is 16.6. The number of carbonyl (C=O) groups is 3. The summed E-state index contributed by atoms with van der Waals surface area (Å²) in [5, 5.41) is 4.31. The number of hydrogen-bond donors (Lipinski definition) is 1. The maximum Gasteiger partial charge on any atom is 0.293 e. The van der Waals surface area contributed by atoms with Crippen molar-refractivity contribution in [3.8, 4) is 11.5 Å². The average molecular weight is 464 g/mol. The molecule has 11 heteroatoms. The molecule has 30 heavy (non-hydrogen) atoms. The van der Waals surface area contributed by atoms with E-state index in [1.165, 1.54) is 23.1 Å². The number of imide groups is 1. The van der Waals surface area contributed by atoms with Crippen LogP contribution in [0.3, 0.4) is 0 Å². The fourth-order valence-corrected chi connectivity index (χ4v) is 5.28. The van der Waals surface area contributed by atoms with Gasteiger partial charge in [-0.15, -0.1) is 11.3 Å². The van der Waals surface area contributed by atoms with E-state index in [0.29, 0.717) is 16.4 Å². The van der Waals surface area contributed by atoms with Gasteiger partial charge < -0.3 is 14.8 Å². The van der Waals surface area contributed by atoms with Gasteiger partial charge in [-0.25, -0.2) is 4.98 Å². The predicted octanol–water partition coefficient (Wildman–Crippen LogP) is 3.13. The first-order valence-corrected chi connectivity index (χ1v) is 11.6. The Kier molecular flexibility index (Phi) is 6.30. The van der Waals surface area contributed by atoms with E-state index in [9.17, 15) is 14.4 Å². The minimum atomic E-state index is -0.371. The molecule has 0 spiro atoms. The molecule has 2 aromatic rings. The summed E-state index contributed by atoms with van der Waals surface area (Å²) < 4.78 is 11.4. The van der Waals surface area contributed by atoms with Gasteiger partial charge in [0, 0.05) is 24.2 Å². The minimum Gasteiger partial charge on any atom is -0.454 e. The first-order chi connectivity index (χ1) is 14.5. The second-order valence-corrected chi connectivity index (χ2v) is 9.41. The van der Waals surface area contributed by atoms with Crippen LogP contribution in [0.4, 0.5) is 4.79 Å². The van der Waals surface area contributed by atoms with Crippen molar-refractivity contribution in [3.05, 3.63) is 39.7 Å². The second-order valence-electron chi connectivity index (χ2n) is 6.34. The molecular formula is C19H17N3O5S3. The minimum absolute atomic E-state index is 0.121. The molecule has 0 saturated carbocycles. The van der Waals surface area contributed by atoms with Crippen LogP contribution in [0, 0.1) is 6.92 Å². The zero-order chi connectivity index (χ0) is 21.1. The molecule has 2 aliphatic rings. The van der Waals surface area contributed by atoms with E-state index in [2.05, 4.69) is 10.3 Å². The lowest BCUT2D eigenvalue weighted by Gasteiger charge is -2.12. The molecule has 1 saturated heterocycles. The van der Waals surface area contributed by atoms with Crippen molar-refractivity contribution >= 4 is 58.0 Å². The van der Waals surface area contributed by atoms with Gasteiger partial charge in [-0.05, 0) is 42.5 Å². The van der Waals surface area contributed by atoms with E-state index in [4.69, 9.17) is 9.47 Å². The monoisotopic (exact) mass is 463 g/mol. The average Bonchev–Trinajstić information content (AvgIpc) is 3.42. The molecule has 3 heterocycles. The number of rotatable bonds is 7. The fourth-order valence-electron chi connectivity index (χ4n) is 2.73. The van der Waals surface area contributed by atoms with Crippen LogP contribution in [-0.2, 0) is 9.59 Å². The molecule has 156 valence electrons. The number of hydrogen-bond acceptors (Lipinski definition) is 9. The van der Waals surface area contributed by atoms with Crippen molar-refractivity contribution in [2.75, 3.05) is 25.6 Å². The summed E-state index contributed by atoms with van der Waals surface area (Å²) in [7, 11) is 0. The van der Waals surface area contributed by atoms with Gasteiger partial charge in [0.2, 0.25) is 12.7 Å². The number of ether oxygens (including phenoxy) is 2. The van der Waals surface area contributed by atoms with Gasteiger partial charge in [0.1, 0.15) is 0 Å². The van der Waals surface area contributed by atoms with Crippen LogP contribution in [-0.4, -0.2) is 52.6 Å². The number of thiazole rings is 1. The fraction of sp³-hybridized carbons (Fsp3) is 0.263. The SMILES string of the molecule is Cc1csc(SCC(=O)NCCN2C(=O)S/C(=C/c3ccc4c(c3)OCO4)C2=O)n1. The van der Waals surface area contributed by atoms with Crippen molar-refractivity contribution < 1.29 is 23.9 Å². The number of aryl methyl sites for hydroxylation is 1. The number of aromatic nitrogens is 1. The summed E-state index contributed by atoms with van der Waals surface area (Å²) in [5.74, 6) is 0.953. The highest BCUT2D eigenvalue weighted by Gasteiger charge is 2.34. The third-order valence-corrected chi connectivity index (χ3v) is 7.20. The summed E-state index contributed by atoms with van der Waals surface area (Å²) >= 11 is 3.73. The lowest BCUT2D eigenvalue weighted by atomic mass is 10.2. The lowest BCUT2D eigenvalue weighted by molar-refractivity contribution is -0.123. The highest BCUT2D eigenvalue weighted by molar-refractivity contribution is 8.18. The lowest BCUT2D eigenvalue weighted by Crippen LogP contribution is -2.37.